The van der Waals surface area contributed by atoms with Crippen molar-refractivity contribution in [2.75, 3.05) is 19.8 Å². The molecule has 0 aromatic heterocycles. The number of halogens is 1. The van der Waals surface area contributed by atoms with Gasteiger partial charge in [-0.3, -0.25) is 9.59 Å². The maximum atomic E-state index is 14.9. The van der Waals surface area contributed by atoms with Crippen LogP contribution in [0, 0.1) is 5.82 Å². The van der Waals surface area contributed by atoms with Crippen molar-refractivity contribution in [1.82, 2.24) is 10.6 Å². The number of benzene rings is 7. The van der Waals surface area contributed by atoms with Crippen LogP contribution >= 0.6 is 0 Å². The molecule has 0 radical (unpaired) electrons. The molecule has 7 aromatic rings. The summed E-state index contributed by atoms with van der Waals surface area (Å²) >= 11 is 0. The van der Waals surface area contributed by atoms with E-state index in [1.807, 2.05) is 133 Å². The molecule has 0 spiro atoms. The van der Waals surface area contributed by atoms with Crippen LogP contribution in [-0.2, 0) is 82.3 Å². The van der Waals surface area contributed by atoms with E-state index in [-0.39, 0.29) is 57.0 Å². The van der Waals surface area contributed by atoms with Gasteiger partial charge in [0.05, 0.1) is 70.6 Å². The van der Waals surface area contributed by atoms with Crippen LogP contribution in [0.25, 0.3) is 0 Å². The van der Waals surface area contributed by atoms with Crippen molar-refractivity contribution >= 4 is 11.8 Å². The summed E-state index contributed by atoms with van der Waals surface area (Å²) in [6, 6.07) is 66.3. The number of hydrogen-bond donors (Lipinski definition) is 2. The highest BCUT2D eigenvalue weighted by molar-refractivity contribution is 5.94. The summed E-state index contributed by atoms with van der Waals surface area (Å²) in [5.74, 6) is -0.973. The fraction of sp³-hybridized carbons (Fsp3) is 0.482. The van der Waals surface area contributed by atoms with Crippen LogP contribution in [-0.4, -0.2) is 80.5 Å². The van der Waals surface area contributed by atoms with Gasteiger partial charge in [-0.25, -0.2) is 4.39 Å². The van der Waals surface area contributed by atoms with Crippen molar-refractivity contribution in [1.29, 1.82) is 0 Å². The number of unbranched alkanes of at least 4 members (excludes halogenated alkanes) is 19. The maximum absolute atomic E-state index is 14.9. The second-order valence-corrected chi connectivity index (χ2v) is 26.3. The molecule has 2 N–H and O–H groups in total. The SMILES string of the molecule is CCCCCCCCCCCCCC[C@@H](OCc1ccccc1)[C@@H](OCc1ccccc1)[C@H](CO[C@H]1O[C@H](COCc2ccccc2)[C@H](OCc2ccccc2)[C@H](OCc2ccccc2)[C@H]1OCc1ccccc1)NC(=O)CCCCCCCCCCCNC(=O)c1ccccc1F. The van der Waals surface area contributed by atoms with Crippen LogP contribution in [0.15, 0.2) is 206 Å². The highest BCUT2D eigenvalue weighted by Crippen LogP contribution is 2.33. The van der Waals surface area contributed by atoms with E-state index in [2.05, 4.69) is 66.1 Å². The predicted octanol–water partition coefficient (Wildman–Crippen LogP) is 18.9. The van der Waals surface area contributed by atoms with Crippen molar-refractivity contribution < 1.29 is 51.9 Å². The molecule has 528 valence electrons. The van der Waals surface area contributed by atoms with Gasteiger partial charge in [0.2, 0.25) is 5.91 Å². The molecule has 0 saturated carbocycles. The smallest absolute Gasteiger partial charge is 0.254 e. The zero-order valence-corrected chi connectivity index (χ0v) is 58.3. The average molecular weight is 1340 g/mol. The van der Waals surface area contributed by atoms with Crippen LogP contribution in [0.5, 0.6) is 0 Å². The summed E-state index contributed by atoms with van der Waals surface area (Å²) in [6.45, 7) is 4.72. The van der Waals surface area contributed by atoms with E-state index in [0.29, 0.717) is 32.6 Å². The van der Waals surface area contributed by atoms with Crippen LogP contribution in [0.3, 0.4) is 0 Å². The van der Waals surface area contributed by atoms with Gasteiger partial charge >= 0.3 is 0 Å². The number of carbonyl (C=O) groups is 2. The molecule has 0 unspecified atom stereocenters. The minimum absolute atomic E-state index is 0.0127. The molecule has 8 rings (SSSR count). The number of rotatable bonds is 51. The lowest BCUT2D eigenvalue weighted by Gasteiger charge is -2.46. The Morgan fingerprint density at radius 2 is 0.837 bits per heavy atom. The van der Waals surface area contributed by atoms with E-state index in [9.17, 15) is 14.0 Å². The van der Waals surface area contributed by atoms with Gasteiger partial charge < -0.3 is 48.5 Å². The molecular formula is C85H111FN2O10. The van der Waals surface area contributed by atoms with Gasteiger partial charge in [-0.1, -0.05) is 323 Å². The number of hydrogen-bond acceptors (Lipinski definition) is 10. The van der Waals surface area contributed by atoms with Crippen molar-refractivity contribution in [3.63, 3.8) is 0 Å². The number of amides is 2. The van der Waals surface area contributed by atoms with Crippen LogP contribution in [0.1, 0.15) is 198 Å². The van der Waals surface area contributed by atoms with Gasteiger partial charge in [0.25, 0.3) is 5.91 Å². The molecule has 98 heavy (non-hydrogen) atoms. The van der Waals surface area contributed by atoms with Gasteiger partial charge in [-0.05, 0) is 64.8 Å². The molecule has 0 bridgehead atoms. The normalized spacial score (nSPS) is 17.1. The zero-order valence-electron chi connectivity index (χ0n) is 58.3. The van der Waals surface area contributed by atoms with Crippen molar-refractivity contribution in [2.24, 2.45) is 0 Å². The molecule has 1 aliphatic heterocycles. The molecule has 0 aliphatic carbocycles. The molecule has 13 heteroatoms. The van der Waals surface area contributed by atoms with Crippen molar-refractivity contribution in [3.8, 4) is 0 Å². The first-order valence-corrected chi connectivity index (χ1v) is 36.9. The van der Waals surface area contributed by atoms with Crippen LogP contribution in [0.4, 0.5) is 4.39 Å². The van der Waals surface area contributed by atoms with Gasteiger partial charge in [0.15, 0.2) is 6.29 Å². The van der Waals surface area contributed by atoms with Crippen LogP contribution in [0.2, 0.25) is 0 Å². The summed E-state index contributed by atoms with van der Waals surface area (Å²) in [6.07, 6.45) is 19.5. The van der Waals surface area contributed by atoms with Crippen molar-refractivity contribution in [3.05, 3.63) is 251 Å². The van der Waals surface area contributed by atoms with E-state index >= 15 is 0 Å². The Kier molecular flexibility index (Phi) is 37.0. The molecule has 2 amide bonds. The Morgan fingerprint density at radius 3 is 1.34 bits per heavy atom. The standard InChI is InChI=1S/C85H111FN2O10/c1-2-3-4-5-6-7-8-9-11-14-17-38-57-77(92-61-69-45-28-21-29-46-69)80(93-62-70-47-30-22-31-48-70)76(88-79(89)58-39-18-15-12-10-13-16-19-42-59-87-84(90)74-55-40-41-56-75(74)86)66-97-85-83(96-65-73-53-36-25-37-54-73)82(95-64-72-51-34-24-35-52-72)81(94-63-71-49-32-23-33-50-71)78(98-85)67-91-60-68-43-26-20-27-44-68/h20-37,40-41,43-56,76-78,80-83,85H,2-19,38-39,42,57-67H2,1H3,(H,87,90)(H,88,89)/t76-,77+,78+,80-,81-,82-,83+,85-/m0/s1. The van der Waals surface area contributed by atoms with E-state index in [1.165, 1.54) is 69.9 Å². The summed E-state index contributed by atoms with van der Waals surface area (Å²) in [7, 11) is 0. The summed E-state index contributed by atoms with van der Waals surface area (Å²) < 4.78 is 71.0. The Balaban J connectivity index is 1.04. The fourth-order valence-electron chi connectivity index (χ4n) is 12.7. The summed E-state index contributed by atoms with van der Waals surface area (Å²) in [5, 5.41) is 6.38. The first-order valence-electron chi connectivity index (χ1n) is 36.9. The molecule has 1 aliphatic rings. The monoisotopic (exact) mass is 1340 g/mol. The molecule has 7 aromatic carbocycles. The molecule has 1 heterocycles. The number of carbonyl (C=O) groups excluding carboxylic acids is 2. The number of ether oxygens (including phenoxy) is 8. The lowest BCUT2D eigenvalue weighted by atomic mass is 9.97. The highest BCUT2D eigenvalue weighted by Gasteiger charge is 2.50. The lowest BCUT2D eigenvalue weighted by Crippen LogP contribution is -2.62. The Hall–Kier alpha value is -6.91. The maximum Gasteiger partial charge on any atom is 0.254 e. The van der Waals surface area contributed by atoms with E-state index in [1.54, 1.807) is 12.1 Å². The van der Waals surface area contributed by atoms with Gasteiger partial charge in [-0.2, -0.15) is 0 Å². The minimum atomic E-state index is -1.04. The van der Waals surface area contributed by atoms with Crippen molar-refractivity contribution in [2.45, 2.75) is 243 Å². The van der Waals surface area contributed by atoms with Gasteiger partial charge in [0.1, 0.15) is 36.3 Å². The molecule has 8 atom stereocenters. The first-order chi connectivity index (χ1) is 48.4. The van der Waals surface area contributed by atoms with Gasteiger partial charge in [0, 0.05) is 13.0 Å². The second-order valence-electron chi connectivity index (χ2n) is 26.3. The largest absolute Gasteiger partial charge is 0.374 e. The number of nitrogens with one attached hydrogen (secondary N) is 2. The average Bonchev–Trinajstić information content (AvgIpc) is 0.788. The Morgan fingerprint density at radius 1 is 0.429 bits per heavy atom. The van der Waals surface area contributed by atoms with Gasteiger partial charge in [-0.15, -0.1) is 0 Å². The van der Waals surface area contributed by atoms with E-state index in [0.717, 1.165) is 110 Å². The zero-order chi connectivity index (χ0) is 68.1. The Labute approximate surface area is 585 Å². The molecule has 1 saturated heterocycles. The molecule has 12 nitrogen and oxygen atoms in total. The minimum Gasteiger partial charge on any atom is -0.374 e. The Bertz CT molecular complexity index is 3150. The third kappa shape index (κ3) is 29.5. The molecule has 1 fully saturated rings. The lowest BCUT2D eigenvalue weighted by molar-refractivity contribution is -0.330. The van der Waals surface area contributed by atoms with E-state index < -0.39 is 54.8 Å². The fourth-order valence-corrected chi connectivity index (χ4v) is 12.7. The van der Waals surface area contributed by atoms with E-state index in [4.69, 9.17) is 37.9 Å². The first kappa shape index (κ1) is 76.8. The predicted molar refractivity (Wildman–Crippen MR) is 388 cm³/mol. The van der Waals surface area contributed by atoms with Crippen LogP contribution < -0.4 is 10.6 Å². The topological polar surface area (TPSA) is 132 Å². The summed E-state index contributed by atoms with van der Waals surface area (Å²) in [5.41, 5.74) is 6.12. The third-order valence-corrected chi connectivity index (χ3v) is 18.3. The quantitative estimate of drug-likeness (QED) is 0.0355. The molecular weight excluding hydrogens is 1230 g/mol. The third-order valence-electron chi connectivity index (χ3n) is 18.3. The second kappa shape index (κ2) is 47.2. The highest BCUT2D eigenvalue weighted by atomic mass is 19.1. The summed E-state index contributed by atoms with van der Waals surface area (Å²) in [4.78, 5) is 27.3.